The van der Waals surface area contributed by atoms with Crippen LogP contribution in [0.1, 0.15) is 17.2 Å². The van der Waals surface area contributed by atoms with Crippen LogP contribution in [-0.2, 0) is 4.74 Å². The zero-order valence-corrected chi connectivity index (χ0v) is 17.4. The molecule has 0 spiro atoms. The quantitative estimate of drug-likeness (QED) is 0.325. The maximum atomic E-state index is 11.8. The van der Waals surface area contributed by atoms with Crippen LogP contribution in [-0.4, -0.2) is 13.9 Å². The number of halogens is 7. The van der Waals surface area contributed by atoms with Crippen LogP contribution in [0.5, 0.6) is 5.75 Å². The third-order valence-electron chi connectivity index (χ3n) is 3.57. The number of hydrogen-bond donors (Lipinski definition) is 0. The van der Waals surface area contributed by atoms with Crippen molar-refractivity contribution in [1.29, 1.82) is 0 Å². The van der Waals surface area contributed by atoms with E-state index < -0.39 is 25.6 Å². The molecule has 1 aromatic carbocycles. The Morgan fingerprint density at radius 2 is 1.68 bits per heavy atom. The molecule has 1 aliphatic heterocycles. The molecule has 0 saturated carbocycles. The Bertz CT molecular complexity index is 897. The second kappa shape index (κ2) is 6.68. The minimum absolute atomic E-state index is 0.0466. The molecule has 0 amide bonds. The van der Waals surface area contributed by atoms with Crippen LogP contribution in [0.2, 0.25) is 5.02 Å². The van der Waals surface area contributed by atoms with Crippen molar-refractivity contribution in [2.45, 2.75) is 26.9 Å². The van der Waals surface area contributed by atoms with Crippen molar-refractivity contribution in [2.24, 2.45) is 0 Å². The van der Waals surface area contributed by atoms with E-state index in [4.69, 9.17) is 95.1 Å². The number of fused-ring (bicyclic) bond motifs is 2. The summed E-state index contributed by atoms with van der Waals surface area (Å²) in [4.78, 5) is 11.8. The van der Waals surface area contributed by atoms with Gasteiger partial charge in [0.15, 0.2) is 0 Å². The zero-order valence-electron chi connectivity index (χ0n) is 12.1. The molecule has 2 aromatic rings. The first-order valence-corrected chi connectivity index (χ1v) is 9.26. The van der Waals surface area contributed by atoms with Crippen LogP contribution in [0.3, 0.4) is 0 Å². The molecule has 136 valence electrons. The zero-order chi connectivity index (χ0) is 18.7. The Hall–Kier alpha value is 0.220. The lowest BCUT2D eigenvalue weighted by atomic mass is 10.0. The normalized spacial score (nSPS) is 21.1. The van der Waals surface area contributed by atoms with Crippen LogP contribution < -0.4 is 10.4 Å². The smallest absolute Gasteiger partial charge is 0.355 e. The predicted molar refractivity (Wildman–Crippen MR) is 101 cm³/mol. The van der Waals surface area contributed by atoms with E-state index >= 15 is 0 Å². The Morgan fingerprint density at radius 3 is 2.24 bits per heavy atom. The summed E-state index contributed by atoms with van der Waals surface area (Å²) in [6.07, 6.45) is -2.44. The minimum Gasteiger partial charge on any atom is -0.460 e. The lowest BCUT2D eigenvalue weighted by Gasteiger charge is -2.38. The summed E-state index contributed by atoms with van der Waals surface area (Å²) in [7, 11) is 0. The second-order valence-electron chi connectivity index (χ2n) is 5.26. The van der Waals surface area contributed by atoms with Crippen molar-refractivity contribution in [3.05, 3.63) is 38.7 Å². The monoisotopic (exact) mass is 484 g/mol. The first kappa shape index (κ1) is 20.0. The minimum atomic E-state index is -1.95. The molecule has 25 heavy (non-hydrogen) atoms. The molecule has 1 aromatic heterocycles. The standard InChI is InChI=1S/C14H7Cl7O4/c1-4-5-2-6-8(3-7(5)23-11(22)9(4)15)24-12(14(19,20)21)25-10(6)13(16,17)18/h2-3,10,12H,1H3. The summed E-state index contributed by atoms with van der Waals surface area (Å²) in [5.41, 5.74) is 0.418. The van der Waals surface area contributed by atoms with E-state index in [0.717, 1.165) is 0 Å². The van der Waals surface area contributed by atoms with Crippen LogP contribution in [0.4, 0.5) is 0 Å². The molecule has 1 aliphatic rings. The van der Waals surface area contributed by atoms with E-state index in [1.54, 1.807) is 13.0 Å². The highest BCUT2D eigenvalue weighted by Crippen LogP contribution is 2.52. The van der Waals surface area contributed by atoms with Gasteiger partial charge in [0.1, 0.15) is 22.5 Å². The predicted octanol–water partition coefficient (Wildman–Crippen LogP) is 6.27. The first-order valence-electron chi connectivity index (χ1n) is 6.62. The van der Waals surface area contributed by atoms with Gasteiger partial charge < -0.3 is 13.9 Å². The van der Waals surface area contributed by atoms with Gasteiger partial charge in [0.05, 0.1) is 0 Å². The average Bonchev–Trinajstić information content (AvgIpc) is 2.48. The lowest BCUT2D eigenvalue weighted by Crippen LogP contribution is -2.42. The molecule has 0 radical (unpaired) electrons. The van der Waals surface area contributed by atoms with E-state index in [1.807, 2.05) is 0 Å². The van der Waals surface area contributed by atoms with Crippen LogP contribution >= 0.6 is 81.2 Å². The van der Waals surface area contributed by atoms with E-state index in [2.05, 4.69) is 0 Å². The Kier molecular flexibility index (Phi) is 5.33. The number of ether oxygens (including phenoxy) is 2. The molecule has 2 atom stereocenters. The third kappa shape index (κ3) is 3.78. The van der Waals surface area contributed by atoms with Gasteiger partial charge in [-0.2, -0.15) is 0 Å². The number of hydrogen-bond acceptors (Lipinski definition) is 4. The molecular weight excluding hydrogens is 480 g/mol. The van der Waals surface area contributed by atoms with Crippen molar-refractivity contribution >= 4 is 92.2 Å². The molecule has 3 rings (SSSR count). The third-order valence-corrected chi connectivity index (χ3v) is 5.13. The van der Waals surface area contributed by atoms with Gasteiger partial charge in [-0.3, -0.25) is 0 Å². The topological polar surface area (TPSA) is 48.7 Å². The van der Waals surface area contributed by atoms with E-state index in [9.17, 15) is 4.79 Å². The molecule has 2 heterocycles. The SMILES string of the molecule is Cc1c(Cl)c(=O)oc2cc3c(cc12)C(C(Cl)(Cl)Cl)OC(C(Cl)(Cl)Cl)O3. The van der Waals surface area contributed by atoms with Gasteiger partial charge in [-0.1, -0.05) is 81.2 Å². The lowest BCUT2D eigenvalue weighted by molar-refractivity contribution is -0.136. The molecule has 4 nitrogen and oxygen atoms in total. The molecular formula is C14H7Cl7O4. The summed E-state index contributed by atoms with van der Waals surface area (Å²) in [5.74, 6) is 0.191. The van der Waals surface area contributed by atoms with Crippen molar-refractivity contribution in [1.82, 2.24) is 0 Å². The first-order chi connectivity index (χ1) is 11.4. The van der Waals surface area contributed by atoms with Gasteiger partial charge in [0, 0.05) is 17.0 Å². The Labute approximate surface area is 176 Å². The van der Waals surface area contributed by atoms with Crippen molar-refractivity contribution in [3.63, 3.8) is 0 Å². The molecule has 0 aliphatic carbocycles. The summed E-state index contributed by atoms with van der Waals surface area (Å²) < 4.78 is 12.4. The molecule has 0 bridgehead atoms. The summed E-state index contributed by atoms with van der Waals surface area (Å²) in [6.45, 7) is 1.66. The summed E-state index contributed by atoms with van der Waals surface area (Å²) >= 11 is 41.6. The van der Waals surface area contributed by atoms with Crippen LogP contribution in [0.25, 0.3) is 11.0 Å². The van der Waals surface area contributed by atoms with Crippen molar-refractivity contribution in [3.8, 4) is 5.75 Å². The van der Waals surface area contributed by atoms with Gasteiger partial charge in [-0.15, -0.1) is 0 Å². The molecule has 0 N–H and O–H groups in total. The van der Waals surface area contributed by atoms with Gasteiger partial charge >= 0.3 is 5.63 Å². The number of alkyl halides is 6. The summed E-state index contributed by atoms with van der Waals surface area (Å²) in [5, 5.41) is 0.483. The van der Waals surface area contributed by atoms with Crippen molar-refractivity contribution < 1.29 is 13.9 Å². The molecule has 11 heteroatoms. The van der Waals surface area contributed by atoms with Crippen LogP contribution in [0.15, 0.2) is 21.3 Å². The highest BCUT2D eigenvalue weighted by molar-refractivity contribution is 6.68. The van der Waals surface area contributed by atoms with E-state index in [-0.39, 0.29) is 16.4 Å². The van der Waals surface area contributed by atoms with Crippen LogP contribution in [0, 0.1) is 6.92 Å². The van der Waals surface area contributed by atoms with Gasteiger partial charge in [0.25, 0.3) is 3.79 Å². The maximum Gasteiger partial charge on any atom is 0.355 e. The number of rotatable bonds is 0. The van der Waals surface area contributed by atoms with Crippen molar-refractivity contribution in [2.75, 3.05) is 0 Å². The van der Waals surface area contributed by atoms with E-state index in [1.165, 1.54) is 6.07 Å². The Balaban J connectivity index is 2.27. The van der Waals surface area contributed by atoms with Gasteiger partial charge in [0.2, 0.25) is 10.1 Å². The Morgan fingerprint density at radius 1 is 1.04 bits per heavy atom. The highest BCUT2D eigenvalue weighted by Gasteiger charge is 2.48. The van der Waals surface area contributed by atoms with Gasteiger partial charge in [-0.05, 0) is 18.6 Å². The fourth-order valence-corrected chi connectivity index (χ4v) is 3.35. The number of benzene rings is 1. The average molecular weight is 487 g/mol. The highest BCUT2D eigenvalue weighted by atomic mass is 35.6. The number of aryl methyl sites for hydroxylation is 1. The fraction of sp³-hybridized carbons (Fsp3) is 0.357. The summed E-state index contributed by atoms with van der Waals surface area (Å²) in [6, 6.07) is 3.03. The molecule has 2 unspecified atom stereocenters. The van der Waals surface area contributed by atoms with Gasteiger partial charge in [-0.25, -0.2) is 4.79 Å². The maximum absolute atomic E-state index is 11.8. The second-order valence-corrected chi connectivity index (χ2v) is 10.4. The molecule has 0 fully saturated rings. The fourth-order valence-electron chi connectivity index (χ4n) is 2.42. The van der Waals surface area contributed by atoms with E-state index in [0.29, 0.717) is 16.5 Å². The largest absolute Gasteiger partial charge is 0.460 e. The molecule has 0 saturated heterocycles.